The van der Waals surface area contributed by atoms with Crippen molar-refractivity contribution in [3.63, 3.8) is 0 Å². The summed E-state index contributed by atoms with van der Waals surface area (Å²) in [4.78, 5) is 0. The van der Waals surface area contributed by atoms with Crippen LogP contribution in [0, 0.1) is 10.8 Å². The fourth-order valence-corrected chi connectivity index (χ4v) is 10.3. The van der Waals surface area contributed by atoms with E-state index in [2.05, 4.69) is 150 Å². The smallest absolute Gasteiger partial charge is 1.00 e. The summed E-state index contributed by atoms with van der Waals surface area (Å²) in [7, 11) is 0. The summed E-state index contributed by atoms with van der Waals surface area (Å²) < 4.78 is 0. The maximum absolute atomic E-state index is 2.48. The molecule has 58 heavy (non-hydrogen) atoms. The Balaban J connectivity index is 0.000000228. The molecule has 0 saturated heterocycles. The fraction of sp³-hybridized carbons (Fsp3) is 0.444. The molecule has 0 heterocycles. The topological polar surface area (TPSA) is 0 Å². The number of hydrogen-bond donors (Lipinski definition) is 0. The summed E-state index contributed by atoms with van der Waals surface area (Å²) in [5.74, 6) is 0. The first kappa shape index (κ1) is 48.4. The van der Waals surface area contributed by atoms with Gasteiger partial charge in [0.25, 0.3) is 0 Å². The van der Waals surface area contributed by atoms with Crippen molar-refractivity contribution >= 4 is 27.0 Å². The molecule has 2 aliphatic rings. The van der Waals surface area contributed by atoms with Crippen LogP contribution in [0.5, 0.6) is 0 Å². The Bertz CT molecular complexity index is 1990. The van der Waals surface area contributed by atoms with Crippen LogP contribution in [0.3, 0.4) is 0 Å². The van der Waals surface area contributed by atoms with Crippen molar-refractivity contribution in [3.8, 4) is 22.3 Å². The standard InChI is InChI=1S/2C26H31.C2H6Si.2ClH.Zr/c2*1-3-14-26(15-5-6-16-26)19-21-17-23-8-7-9-24(25(23)18-21)22-12-10-20(4-2)11-13-22;1-3-2;;;/h2*7-13,17-18H,3-6,14-16,19H2,1-2H3;1-2H3;2*1H;/q2*-1;;;;+2/p-2. The van der Waals surface area contributed by atoms with Crippen molar-refractivity contribution in [2.45, 2.75) is 144 Å². The van der Waals surface area contributed by atoms with Crippen molar-refractivity contribution in [2.75, 3.05) is 0 Å². The van der Waals surface area contributed by atoms with Gasteiger partial charge in [-0.3, -0.25) is 0 Å². The zero-order valence-electron chi connectivity index (χ0n) is 36.5. The van der Waals surface area contributed by atoms with Crippen molar-refractivity contribution < 1.29 is 48.1 Å². The van der Waals surface area contributed by atoms with E-state index in [9.17, 15) is 0 Å². The molecule has 0 spiro atoms. The normalized spacial score (nSPS) is 15.2. The maximum Gasteiger partial charge on any atom is -1.00 e. The van der Waals surface area contributed by atoms with Gasteiger partial charge < -0.3 is 24.8 Å². The molecule has 2 saturated carbocycles. The molecule has 0 radical (unpaired) electrons. The number of halogens is 2. The van der Waals surface area contributed by atoms with Crippen LogP contribution >= 0.6 is 0 Å². The van der Waals surface area contributed by atoms with Gasteiger partial charge in [-0.05, 0) is 97.3 Å². The third kappa shape index (κ3) is 12.4. The Labute approximate surface area is 380 Å². The van der Waals surface area contributed by atoms with Gasteiger partial charge in [-0.25, -0.2) is 0 Å². The second kappa shape index (κ2) is 23.1. The molecule has 2 fully saturated rings. The van der Waals surface area contributed by atoms with Crippen molar-refractivity contribution in [1.82, 2.24) is 0 Å². The first-order valence-corrected chi connectivity index (χ1v) is 28.4. The average Bonchev–Trinajstić information content (AvgIpc) is 4.02. The molecule has 8 rings (SSSR count). The van der Waals surface area contributed by atoms with E-state index in [1.54, 1.807) is 34.5 Å². The van der Waals surface area contributed by atoms with Crippen molar-refractivity contribution in [2.24, 2.45) is 10.8 Å². The molecular formula is C54H68Cl2SiZr-2. The van der Waals surface area contributed by atoms with Crippen LogP contribution in [-0.4, -0.2) is 5.43 Å². The Morgan fingerprint density at radius 2 is 0.879 bits per heavy atom. The first-order chi connectivity index (χ1) is 27.2. The van der Waals surface area contributed by atoms with Gasteiger partial charge in [0.15, 0.2) is 0 Å². The van der Waals surface area contributed by atoms with Crippen molar-refractivity contribution in [3.05, 3.63) is 131 Å². The Kier molecular flexibility index (Phi) is 19.3. The largest absolute Gasteiger partial charge is 1.00 e. The second-order valence-electron chi connectivity index (χ2n) is 17.7. The van der Waals surface area contributed by atoms with Gasteiger partial charge >= 0.3 is 41.9 Å². The minimum Gasteiger partial charge on any atom is -1.00 e. The predicted octanol–water partition coefficient (Wildman–Crippen LogP) is 10.2. The fourth-order valence-electron chi connectivity index (χ4n) is 10.3. The zero-order valence-corrected chi connectivity index (χ0v) is 41.4. The predicted molar refractivity (Wildman–Crippen MR) is 245 cm³/mol. The summed E-state index contributed by atoms with van der Waals surface area (Å²) in [5.41, 5.74) is 12.7. The molecule has 308 valence electrons. The molecule has 0 unspecified atom stereocenters. The van der Waals surface area contributed by atoms with Crippen LogP contribution < -0.4 is 24.8 Å². The van der Waals surface area contributed by atoms with Gasteiger partial charge in [-0.1, -0.05) is 138 Å². The van der Waals surface area contributed by atoms with Gasteiger partial charge in [-0.15, -0.1) is 69.1 Å². The summed E-state index contributed by atoms with van der Waals surface area (Å²) >= 11 is 1.74. The number of rotatable bonds is 12. The maximum atomic E-state index is 2.48. The van der Waals surface area contributed by atoms with Crippen LogP contribution in [0.2, 0.25) is 13.1 Å². The summed E-state index contributed by atoms with van der Waals surface area (Å²) in [6, 6.07) is 41.7. The van der Waals surface area contributed by atoms with Crippen LogP contribution in [0.25, 0.3) is 43.8 Å². The zero-order chi connectivity index (χ0) is 39.5. The minimum absolute atomic E-state index is 0. The third-order valence-corrected chi connectivity index (χ3v) is 13.0. The number of fused-ring (bicyclic) bond motifs is 2. The summed E-state index contributed by atoms with van der Waals surface area (Å²) in [6.07, 6.45) is 21.5. The number of aryl methyl sites for hydroxylation is 2. The Morgan fingerprint density at radius 1 is 0.534 bits per heavy atom. The van der Waals surface area contributed by atoms with Gasteiger partial charge in [0.1, 0.15) is 0 Å². The molecule has 4 heteroatoms. The van der Waals surface area contributed by atoms with Crippen LogP contribution in [0.4, 0.5) is 0 Å². The molecule has 0 nitrogen and oxygen atoms in total. The van der Waals surface area contributed by atoms with E-state index in [0.717, 1.165) is 12.8 Å². The summed E-state index contributed by atoms with van der Waals surface area (Å²) in [6.45, 7) is 13.7. The molecule has 0 N–H and O–H groups in total. The molecule has 0 atom stereocenters. The Morgan fingerprint density at radius 3 is 1.19 bits per heavy atom. The molecule has 0 aromatic heterocycles. The van der Waals surface area contributed by atoms with Gasteiger partial charge in [0.05, 0.1) is 0 Å². The molecule has 6 aromatic carbocycles. The average molecular weight is 907 g/mol. The molecule has 0 bridgehead atoms. The van der Waals surface area contributed by atoms with E-state index in [1.807, 2.05) is 0 Å². The second-order valence-corrected chi connectivity index (χ2v) is 27.1. The van der Waals surface area contributed by atoms with Gasteiger partial charge in [0, 0.05) is 0 Å². The first-order valence-electron chi connectivity index (χ1n) is 22.3. The van der Waals surface area contributed by atoms with Crippen LogP contribution in [-0.2, 0) is 49.0 Å². The number of benzene rings is 4. The molecule has 0 amide bonds. The van der Waals surface area contributed by atoms with Gasteiger partial charge in [-0.2, -0.15) is 12.1 Å². The van der Waals surface area contributed by atoms with Crippen molar-refractivity contribution in [1.29, 1.82) is 0 Å². The minimum atomic E-state index is 0. The Hall–Kier alpha value is -2.22. The monoisotopic (exact) mass is 904 g/mol. The van der Waals surface area contributed by atoms with Gasteiger partial charge in [0.2, 0.25) is 0 Å². The van der Waals surface area contributed by atoms with E-state index < -0.39 is 0 Å². The quantitative estimate of drug-likeness (QED) is 0.0848. The van der Waals surface area contributed by atoms with Crippen LogP contribution in [0.15, 0.2) is 109 Å². The molecular weight excluding hydrogens is 839 g/mol. The van der Waals surface area contributed by atoms with E-state index in [0.29, 0.717) is 10.8 Å². The van der Waals surface area contributed by atoms with E-state index >= 15 is 0 Å². The van der Waals surface area contributed by atoms with E-state index in [4.69, 9.17) is 0 Å². The third-order valence-electron chi connectivity index (χ3n) is 13.0. The van der Waals surface area contributed by atoms with E-state index in [-0.39, 0.29) is 30.2 Å². The number of hydrogen-bond acceptors (Lipinski definition) is 0. The van der Waals surface area contributed by atoms with Crippen LogP contribution in [0.1, 0.15) is 127 Å². The molecule has 2 aliphatic carbocycles. The van der Waals surface area contributed by atoms with E-state index in [1.165, 1.54) is 145 Å². The molecule has 0 aliphatic heterocycles. The SMILES string of the molecule is CCCC1(Cc2cc3c(-c4ccc(CC)cc4)cccc3[cH-]2)CCCC1.CCCC1(Cc2cc3c(-c4ccc(CC)cc4)cccc3[cH-]2)CCCC1.C[Si](C)=[Zr+2].[Cl-].[Cl-]. The summed E-state index contributed by atoms with van der Waals surface area (Å²) in [5, 5.41) is 5.66. The molecule has 6 aromatic rings.